The molecule has 1 saturated heterocycles. The Morgan fingerprint density at radius 2 is 2.12 bits per heavy atom. The lowest BCUT2D eigenvalue weighted by Gasteiger charge is -2.34. The summed E-state index contributed by atoms with van der Waals surface area (Å²) < 4.78 is 0. The zero-order valence-corrected chi connectivity index (χ0v) is 14.4. The number of thiophene rings is 1. The predicted molar refractivity (Wildman–Crippen MR) is 94.6 cm³/mol. The Morgan fingerprint density at radius 1 is 1.33 bits per heavy atom. The number of benzene rings is 1. The monoisotopic (exact) mass is 343 g/mol. The second-order valence-corrected chi connectivity index (χ2v) is 6.86. The van der Waals surface area contributed by atoms with E-state index in [1.165, 1.54) is 0 Å². The number of nitrogens with one attached hydrogen (secondary N) is 2. The summed E-state index contributed by atoms with van der Waals surface area (Å²) in [4.78, 5) is 27.8. The average molecular weight is 343 g/mol. The first-order chi connectivity index (χ1) is 11.6. The summed E-state index contributed by atoms with van der Waals surface area (Å²) in [7, 11) is 0. The zero-order chi connectivity index (χ0) is 16.9. The van der Waals surface area contributed by atoms with Gasteiger partial charge < -0.3 is 10.6 Å². The molecule has 1 fully saturated rings. The lowest BCUT2D eigenvalue weighted by atomic mass is 10.0. The molecular weight excluding hydrogens is 322 g/mol. The molecule has 2 aromatic rings. The number of amides is 2. The fraction of sp³-hybridized carbons (Fsp3) is 0.333. The molecule has 0 unspecified atom stereocenters. The van der Waals surface area contributed by atoms with Gasteiger partial charge in [0, 0.05) is 18.0 Å². The molecule has 0 spiro atoms. The Hall–Kier alpha value is -2.18. The summed E-state index contributed by atoms with van der Waals surface area (Å²) in [5, 5.41) is 7.90. The fourth-order valence-corrected chi connectivity index (χ4v) is 3.70. The van der Waals surface area contributed by atoms with E-state index in [0.29, 0.717) is 13.1 Å². The van der Waals surface area contributed by atoms with Crippen LogP contribution in [0.1, 0.15) is 29.4 Å². The van der Waals surface area contributed by atoms with Crippen LogP contribution >= 0.6 is 11.3 Å². The molecule has 0 radical (unpaired) electrons. The van der Waals surface area contributed by atoms with Gasteiger partial charge in [0.15, 0.2) is 0 Å². The largest absolute Gasteiger partial charge is 0.353 e. The van der Waals surface area contributed by atoms with Crippen molar-refractivity contribution < 1.29 is 9.59 Å². The standard InChI is InChI=1S/C18H21N3O2S/c1-13(15-8-5-11-24-15)20-16(22)12-21-10-9-19-18(23)17(21)14-6-3-2-4-7-14/h2-8,11,13,17H,9-10,12H2,1H3,(H,19,23)(H,20,22)/t13-,17-/m0/s1. The minimum absolute atomic E-state index is 0.0220. The highest BCUT2D eigenvalue weighted by atomic mass is 32.1. The van der Waals surface area contributed by atoms with E-state index in [-0.39, 0.29) is 24.4 Å². The highest BCUT2D eigenvalue weighted by Crippen LogP contribution is 2.23. The van der Waals surface area contributed by atoms with Crippen LogP contribution in [0.4, 0.5) is 0 Å². The van der Waals surface area contributed by atoms with Crippen molar-refractivity contribution in [3.8, 4) is 0 Å². The molecule has 2 heterocycles. The zero-order valence-electron chi connectivity index (χ0n) is 13.6. The smallest absolute Gasteiger partial charge is 0.242 e. The lowest BCUT2D eigenvalue weighted by Crippen LogP contribution is -2.52. The van der Waals surface area contributed by atoms with E-state index in [1.54, 1.807) is 11.3 Å². The molecule has 0 bridgehead atoms. The Labute approximate surface area is 145 Å². The van der Waals surface area contributed by atoms with E-state index in [1.807, 2.05) is 59.7 Å². The third kappa shape index (κ3) is 3.83. The van der Waals surface area contributed by atoms with Crippen molar-refractivity contribution in [3.63, 3.8) is 0 Å². The van der Waals surface area contributed by atoms with Gasteiger partial charge in [-0.3, -0.25) is 14.5 Å². The SMILES string of the molecule is C[C@H](NC(=O)CN1CCNC(=O)[C@@H]1c1ccccc1)c1cccs1. The first-order valence-corrected chi connectivity index (χ1v) is 8.92. The van der Waals surface area contributed by atoms with Gasteiger partial charge >= 0.3 is 0 Å². The molecule has 2 atom stereocenters. The third-order valence-electron chi connectivity index (χ3n) is 4.12. The Balaban J connectivity index is 1.67. The molecule has 0 aliphatic carbocycles. The molecule has 2 amide bonds. The van der Waals surface area contributed by atoms with Crippen LogP contribution in [-0.4, -0.2) is 36.3 Å². The van der Waals surface area contributed by atoms with Crippen molar-refractivity contribution in [1.82, 2.24) is 15.5 Å². The van der Waals surface area contributed by atoms with Gasteiger partial charge in [0.05, 0.1) is 12.6 Å². The molecule has 5 nitrogen and oxygen atoms in total. The highest BCUT2D eigenvalue weighted by molar-refractivity contribution is 7.10. The van der Waals surface area contributed by atoms with Crippen molar-refractivity contribution in [2.45, 2.75) is 19.0 Å². The number of hydrogen-bond donors (Lipinski definition) is 2. The van der Waals surface area contributed by atoms with Gasteiger partial charge in [-0.15, -0.1) is 11.3 Å². The molecule has 126 valence electrons. The molecule has 1 aliphatic rings. The maximum Gasteiger partial charge on any atom is 0.242 e. The van der Waals surface area contributed by atoms with Crippen molar-refractivity contribution in [2.75, 3.05) is 19.6 Å². The van der Waals surface area contributed by atoms with E-state index in [2.05, 4.69) is 10.6 Å². The number of rotatable bonds is 5. The maximum atomic E-state index is 12.4. The predicted octanol–water partition coefficient (Wildman–Crippen LogP) is 2.10. The van der Waals surface area contributed by atoms with Crippen LogP contribution in [0.5, 0.6) is 0 Å². The maximum absolute atomic E-state index is 12.4. The molecule has 1 aliphatic heterocycles. The first kappa shape index (κ1) is 16.7. The van der Waals surface area contributed by atoms with Crippen molar-refractivity contribution in [2.24, 2.45) is 0 Å². The Bertz CT molecular complexity index is 688. The lowest BCUT2D eigenvalue weighted by molar-refractivity contribution is -0.132. The number of carbonyl (C=O) groups excluding carboxylic acids is 2. The summed E-state index contributed by atoms with van der Waals surface area (Å²) >= 11 is 1.62. The van der Waals surface area contributed by atoms with E-state index in [0.717, 1.165) is 10.4 Å². The Morgan fingerprint density at radius 3 is 2.83 bits per heavy atom. The molecule has 2 N–H and O–H groups in total. The number of piperazine rings is 1. The van der Waals surface area contributed by atoms with E-state index in [4.69, 9.17) is 0 Å². The van der Waals surface area contributed by atoms with Crippen LogP contribution in [0.2, 0.25) is 0 Å². The average Bonchev–Trinajstić information content (AvgIpc) is 3.10. The normalized spacial score (nSPS) is 19.5. The van der Waals surface area contributed by atoms with Crippen LogP contribution in [0.15, 0.2) is 47.8 Å². The van der Waals surface area contributed by atoms with Gasteiger partial charge in [0.1, 0.15) is 6.04 Å². The second-order valence-electron chi connectivity index (χ2n) is 5.88. The van der Waals surface area contributed by atoms with Gasteiger partial charge in [0.2, 0.25) is 11.8 Å². The fourth-order valence-electron chi connectivity index (χ4n) is 2.96. The van der Waals surface area contributed by atoms with Gasteiger partial charge in [-0.1, -0.05) is 36.4 Å². The van der Waals surface area contributed by atoms with E-state index >= 15 is 0 Å². The number of hydrogen-bond acceptors (Lipinski definition) is 4. The van der Waals surface area contributed by atoms with Crippen molar-refractivity contribution in [1.29, 1.82) is 0 Å². The molecule has 6 heteroatoms. The summed E-state index contributed by atoms with van der Waals surface area (Å²) in [5.41, 5.74) is 0.911. The highest BCUT2D eigenvalue weighted by Gasteiger charge is 2.32. The molecule has 3 rings (SSSR count). The van der Waals surface area contributed by atoms with Crippen LogP contribution in [0.3, 0.4) is 0 Å². The van der Waals surface area contributed by atoms with Crippen molar-refractivity contribution >= 4 is 23.2 Å². The minimum Gasteiger partial charge on any atom is -0.353 e. The Kier molecular flexibility index (Phi) is 5.27. The van der Waals surface area contributed by atoms with Crippen LogP contribution in [0.25, 0.3) is 0 Å². The summed E-state index contributed by atoms with van der Waals surface area (Å²) in [6.45, 7) is 3.41. The van der Waals surface area contributed by atoms with Crippen LogP contribution < -0.4 is 10.6 Å². The quantitative estimate of drug-likeness (QED) is 0.874. The second kappa shape index (κ2) is 7.59. The number of carbonyl (C=O) groups is 2. The summed E-state index contributed by atoms with van der Waals surface area (Å²) in [6, 6.07) is 13.1. The van der Waals surface area contributed by atoms with Gasteiger partial charge in [-0.2, -0.15) is 0 Å². The van der Waals surface area contributed by atoms with E-state index < -0.39 is 6.04 Å². The molecular formula is C18H21N3O2S. The summed E-state index contributed by atoms with van der Waals surface area (Å²) in [6.07, 6.45) is 0. The van der Waals surface area contributed by atoms with Gasteiger partial charge in [-0.25, -0.2) is 0 Å². The molecule has 24 heavy (non-hydrogen) atoms. The van der Waals surface area contributed by atoms with E-state index in [9.17, 15) is 9.59 Å². The molecule has 1 aromatic carbocycles. The van der Waals surface area contributed by atoms with Crippen LogP contribution in [-0.2, 0) is 9.59 Å². The number of nitrogens with zero attached hydrogens (tertiary/aromatic N) is 1. The van der Waals surface area contributed by atoms with Gasteiger partial charge in [0.25, 0.3) is 0 Å². The topological polar surface area (TPSA) is 61.4 Å². The van der Waals surface area contributed by atoms with Gasteiger partial charge in [-0.05, 0) is 23.9 Å². The molecule has 0 saturated carbocycles. The first-order valence-electron chi connectivity index (χ1n) is 8.04. The molecule has 1 aromatic heterocycles. The minimum atomic E-state index is -0.414. The van der Waals surface area contributed by atoms with Crippen LogP contribution in [0, 0.1) is 0 Å². The van der Waals surface area contributed by atoms with Crippen molar-refractivity contribution in [3.05, 3.63) is 58.3 Å². The third-order valence-corrected chi connectivity index (χ3v) is 5.18. The summed E-state index contributed by atoms with van der Waals surface area (Å²) in [5.74, 6) is -0.113.